The van der Waals surface area contributed by atoms with Crippen LogP contribution in [0.3, 0.4) is 0 Å². The van der Waals surface area contributed by atoms with Crippen LogP contribution in [0.5, 0.6) is 0 Å². The van der Waals surface area contributed by atoms with Gasteiger partial charge >= 0.3 is 0 Å². The largest absolute Gasteiger partial charge is 0.314 e. The zero-order valence-electron chi connectivity index (χ0n) is 11.4. The molecule has 1 aromatic carbocycles. The smallest absolute Gasteiger partial charge is 0.0843 e. The molecule has 0 saturated carbocycles. The molecule has 2 nitrogen and oxygen atoms in total. The highest BCUT2D eigenvalue weighted by Crippen LogP contribution is 2.24. The van der Waals surface area contributed by atoms with Crippen molar-refractivity contribution in [3.8, 4) is 0 Å². The fraction of sp³-hybridized carbons (Fsp3) is 0.533. The number of nitrogens with one attached hydrogen (secondary N) is 1. The van der Waals surface area contributed by atoms with Gasteiger partial charge in [0.2, 0.25) is 0 Å². The van der Waals surface area contributed by atoms with Crippen LogP contribution < -0.4 is 5.32 Å². The van der Waals surface area contributed by atoms with Gasteiger partial charge in [-0.05, 0) is 42.9 Å². The molecule has 0 aliphatic carbocycles. The molecule has 1 unspecified atom stereocenters. The van der Waals surface area contributed by atoms with Crippen molar-refractivity contribution >= 4 is 22.4 Å². The van der Waals surface area contributed by atoms with Gasteiger partial charge in [-0.3, -0.25) is 0 Å². The first-order valence-corrected chi connectivity index (χ1v) is 7.54. The molecule has 3 heteroatoms. The average molecular weight is 262 g/mol. The molecule has 1 atom stereocenters. The first-order valence-electron chi connectivity index (χ1n) is 6.77. The summed E-state index contributed by atoms with van der Waals surface area (Å²) in [6.07, 6.45) is 2.32. The van der Waals surface area contributed by atoms with E-state index in [2.05, 4.69) is 54.7 Å². The maximum Gasteiger partial charge on any atom is 0.0843 e. The Balaban J connectivity index is 2.15. The second-order valence-corrected chi connectivity index (χ2v) is 6.07. The fourth-order valence-electron chi connectivity index (χ4n) is 2.41. The van der Waals surface area contributed by atoms with Crippen LogP contribution in [0.1, 0.15) is 32.1 Å². The van der Waals surface area contributed by atoms with E-state index in [9.17, 15) is 0 Å². The second-order valence-electron chi connectivity index (χ2n) is 5.21. The number of hydrogen-bond donors (Lipinski definition) is 1. The number of benzene rings is 1. The molecule has 0 fully saturated rings. The van der Waals surface area contributed by atoms with Crippen molar-refractivity contribution in [1.29, 1.82) is 0 Å². The molecule has 0 bridgehead atoms. The molecular formula is C15H22N2S. The predicted molar refractivity (Wildman–Crippen MR) is 80.2 cm³/mol. The molecule has 2 aromatic rings. The highest BCUT2D eigenvalue weighted by molar-refractivity contribution is 7.07. The molecule has 0 amide bonds. The van der Waals surface area contributed by atoms with Gasteiger partial charge in [0.05, 0.1) is 5.52 Å². The Bertz CT molecular complexity index is 490. The monoisotopic (exact) mass is 262 g/mol. The Kier molecular flexibility index (Phi) is 4.72. The molecule has 0 aliphatic heterocycles. The molecule has 0 saturated heterocycles. The minimum atomic E-state index is 0.568. The minimum absolute atomic E-state index is 0.568. The van der Waals surface area contributed by atoms with Gasteiger partial charge in [0.1, 0.15) is 0 Å². The van der Waals surface area contributed by atoms with E-state index in [1.54, 1.807) is 11.5 Å². The summed E-state index contributed by atoms with van der Waals surface area (Å²) < 4.78 is 4.52. The van der Waals surface area contributed by atoms with Crippen LogP contribution in [0.4, 0.5) is 0 Å². The molecule has 0 aliphatic rings. The zero-order chi connectivity index (χ0) is 13.0. The van der Waals surface area contributed by atoms with Crippen molar-refractivity contribution in [3.05, 3.63) is 29.1 Å². The van der Waals surface area contributed by atoms with E-state index in [4.69, 9.17) is 0 Å². The van der Waals surface area contributed by atoms with Crippen molar-refractivity contribution in [2.24, 2.45) is 5.92 Å². The van der Waals surface area contributed by atoms with Crippen LogP contribution in [0, 0.1) is 5.92 Å². The molecule has 0 radical (unpaired) electrons. The standard InChI is InChI=1S/C15H22N2S/c1-4-16-12(9-11(2)3)10-15-13-7-5-6-8-14(13)17-18-15/h5-8,11-12,16H,4,9-10H2,1-3H3. The number of aromatic nitrogens is 1. The molecular weight excluding hydrogens is 240 g/mol. The van der Waals surface area contributed by atoms with Gasteiger partial charge in [-0.25, -0.2) is 0 Å². The van der Waals surface area contributed by atoms with Gasteiger partial charge in [0.25, 0.3) is 0 Å². The molecule has 2 rings (SSSR count). The van der Waals surface area contributed by atoms with Crippen LogP contribution in [0.15, 0.2) is 24.3 Å². The minimum Gasteiger partial charge on any atom is -0.314 e. The van der Waals surface area contributed by atoms with Crippen molar-refractivity contribution < 1.29 is 0 Å². The van der Waals surface area contributed by atoms with Crippen LogP contribution in [-0.4, -0.2) is 17.0 Å². The van der Waals surface area contributed by atoms with Gasteiger partial charge in [-0.15, -0.1) is 0 Å². The highest BCUT2D eigenvalue weighted by atomic mass is 32.1. The third-order valence-electron chi connectivity index (χ3n) is 3.14. The zero-order valence-corrected chi connectivity index (χ0v) is 12.3. The number of likely N-dealkylation sites (N-methyl/N-ethyl adjacent to an activating group) is 1. The first kappa shape index (κ1) is 13.5. The van der Waals surface area contributed by atoms with Gasteiger partial charge in [-0.1, -0.05) is 39.0 Å². The maximum atomic E-state index is 4.52. The molecule has 1 aromatic heterocycles. The van der Waals surface area contributed by atoms with Crippen molar-refractivity contribution in [1.82, 2.24) is 9.69 Å². The van der Waals surface area contributed by atoms with Crippen LogP contribution >= 0.6 is 11.5 Å². The van der Waals surface area contributed by atoms with Gasteiger partial charge in [-0.2, -0.15) is 4.37 Å². The summed E-state index contributed by atoms with van der Waals surface area (Å²) in [5, 5.41) is 4.92. The number of rotatable bonds is 6. The maximum absolute atomic E-state index is 4.52. The second kappa shape index (κ2) is 6.30. The van der Waals surface area contributed by atoms with Crippen molar-refractivity contribution in [2.75, 3.05) is 6.54 Å². The third-order valence-corrected chi connectivity index (χ3v) is 4.03. The Labute approximate surface area is 114 Å². The lowest BCUT2D eigenvalue weighted by Gasteiger charge is -2.19. The van der Waals surface area contributed by atoms with E-state index in [1.807, 2.05) is 0 Å². The quantitative estimate of drug-likeness (QED) is 0.855. The van der Waals surface area contributed by atoms with Gasteiger partial charge in [0.15, 0.2) is 0 Å². The van der Waals surface area contributed by atoms with E-state index in [0.29, 0.717) is 6.04 Å². The fourth-order valence-corrected chi connectivity index (χ4v) is 3.32. The summed E-state index contributed by atoms with van der Waals surface area (Å²) in [6, 6.07) is 9.01. The van der Waals surface area contributed by atoms with Crippen molar-refractivity contribution in [2.45, 2.75) is 39.7 Å². The SMILES string of the molecule is CCNC(Cc1snc2ccccc12)CC(C)C. The first-order chi connectivity index (χ1) is 8.70. The van der Waals surface area contributed by atoms with E-state index in [-0.39, 0.29) is 0 Å². The molecule has 1 heterocycles. The third kappa shape index (κ3) is 3.30. The lowest BCUT2D eigenvalue weighted by atomic mass is 9.99. The normalized spacial score (nSPS) is 13.3. The van der Waals surface area contributed by atoms with Gasteiger partial charge in [0, 0.05) is 16.3 Å². The number of hydrogen-bond acceptors (Lipinski definition) is 3. The highest BCUT2D eigenvalue weighted by Gasteiger charge is 2.14. The predicted octanol–water partition coefficient (Wildman–Crippen LogP) is 3.86. The Morgan fingerprint density at radius 2 is 2.06 bits per heavy atom. The molecule has 98 valence electrons. The lowest BCUT2D eigenvalue weighted by molar-refractivity contribution is 0.426. The van der Waals surface area contributed by atoms with E-state index in [1.165, 1.54) is 16.7 Å². The summed E-state index contributed by atoms with van der Waals surface area (Å²) in [4.78, 5) is 1.41. The Morgan fingerprint density at radius 3 is 2.78 bits per heavy atom. The summed E-state index contributed by atoms with van der Waals surface area (Å²) in [7, 11) is 0. The van der Waals surface area contributed by atoms with Crippen LogP contribution in [0.25, 0.3) is 10.9 Å². The summed E-state index contributed by atoms with van der Waals surface area (Å²) >= 11 is 1.65. The Hall–Kier alpha value is -0.930. The molecule has 1 N–H and O–H groups in total. The summed E-state index contributed by atoms with van der Waals surface area (Å²) in [6.45, 7) is 7.79. The van der Waals surface area contributed by atoms with Crippen LogP contribution in [-0.2, 0) is 6.42 Å². The van der Waals surface area contributed by atoms with Gasteiger partial charge < -0.3 is 5.32 Å². The molecule has 18 heavy (non-hydrogen) atoms. The summed E-state index contributed by atoms with van der Waals surface area (Å²) in [5.41, 5.74) is 1.14. The number of fused-ring (bicyclic) bond motifs is 1. The average Bonchev–Trinajstić information content (AvgIpc) is 2.72. The molecule has 0 spiro atoms. The van der Waals surface area contributed by atoms with E-state index < -0.39 is 0 Å². The van der Waals surface area contributed by atoms with Crippen LogP contribution in [0.2, 0.25) is 0 Å². The topological polar surface area (TPSA) is 24.9 Å². The van der Waals surface area contributed by atoms with E-state index in [0.717, 1.165) is 24.4 Å². The summed E-state index contributed by atoms with van der Waals surface area (Å²) in [5.74, 6) is 0.730. The Morgan fingerprint density at radius 1 is 1.28 bits per heavy atom. The lowest BCUT2D eigenvalue weighted by Crippen LogP contribution is -2.32. The van der Waals surface area contributed by atoms with E-state index >= 15 is 0 Å². The number of nitrogens with zero attached hydrogens (tertiary/aromatic N) is 1. The van der Waals surface area contributed by atoms with Crippen molar-refractivity contribution in [3.63, 3.8) is 0 Å².